The minimum Gasteiger partial charge on any atom is -0.330 e. The summed E-state index contributed by atoms with van der Waals surface area (Å²) < 4.78 is 0.715. The summed E-state index contributed by atoms with van der Waals surface area (Å²) in [7, 11) is 0. The molecule has 1 amide bonds. The number of aromatic nitrogens is 2. The number of amides is 1. The lowest BCUT2D eigenvalue weighted by Gasteiger charge is -2.24. The summed E-state index contributed by atoms with van der Waals surface area (Å²) in [6, 6.07) is 21.3. The maximum atomic E-state index is 13.0. The van der Waals surface area contributed by atoms with Crippen LogP contribution in [0, 0.1) is 11.3 Å². The predicted molar refractivity (Wildman–Crippen MR) is 114 cm³/mol. The zero-order valence-corrected chi connectivity index (χ0v) is 16.9. The number of nitriles is 1. The number of thioether (sulfide) groups is 1. The van der Waals surface area contributed by atoms with E-state index in [1.54, 1.807) is 4.90 Å². The molecule has 3 rings (SSSR count). The van der Waals surface area contributed by atoms with E-state index in [0.717, 1.165) is 11.4 Å². The lowest BCUT2D eigenvalue weighted by molar-refractivity contribution is -0.117. The molecule has 28 heavy (non-hydrogen) atoms. The first-order valence-corrected chi connectivity index (χ1v) is 10.4. The topological polar surface area (TPSA) is 81.9 Å². The number of hydrogen-bond donors (Lipinski definition) is 1. The third kappa shape index (κ3) is 5.31. The van der Waals surface area contributed by atoms with Gasteiger partial charge in [-0.3, -0.25) is 4.79 Å². The molecule has 1 atom stereocenters. The molecule has 8 heteroatoms. The highest BCUT2D eigenvalue weighted by Gasteiger charge is 2.24. The van der Waals surface area contributed by atoms with Crippen LogP contribution in [0.25, 0.3) is 0 Å². The standard InChI is InChI=1S/C20H19N5OS2/c1-15(18(26)25(14-8-13-21)17-11-6-3-7-12-17)27-20-24-23-19(28-20)22-16-9-4-2-5-10-16/h2-7,9-12,15H,8,14H2,1H3,(H,22,23). The summed E-state index contributed by atoms with van der Waals surface area (Å²) >= 11 is 2.78. The molecule has 0 bridgehead atoms. The Morgan fingerprint density at radius 1 is 1.18 bits per heavy atom. The Morgan fingerprint density at radius 3 is 2.54 bits per heavy atom. The Kier molecular flexibility index (Phi) is 7.00. The van der Waals surface area contributed by atoms with Crippen LogP contribution in [0.15, 0.2) is 65.0 Å². The average molecular weight is 410 g/mol. The summed E-state index contributed by atoms with van der Waals surface area (Å²) in [4.78, 5) is 14.6. The van der Waals surface area contributed by atoms with Gasteiger partial charge in [-0.05, 0) is 31.2 Å². The Hall–Kier alpha value is -2.89. The summed E-state index contributed by atoms with van der Waals surface area (Å²) in [6.45, 7) is 2.21. The normalized spacial score (nSPS) is 11.4. The molecule has 1 N–H and O–H groups in total. The van der Waals surface area contributed by atoms with Crippen LogP contribution in [0.4, 0.5) is 16.5 Å². The van der Waals surface area contributed by atoms with Crippen LogP contribution in [0.1, 0.15) is 13.3 Å². The number of nitrogens with zero attached hydrogens (tertiary/aromatic N) is 4. The number of carbonyl (C=O) groups is 1. The largest absolute Gasteiger partial charge is 0.330 e. The number of para-hydroxylation sites is 2. The number of hydrogen-bond acceptors (Lipinski definition) is 7. The van der Waals surface area contributed by atoms with Crippen molar-refractivity contribution in [3.63, 3.8) is 0 Å². The number of anilines is 3. The van der Waals surface area contributed by atoms with Crippen LogP contribution < -0.4 is 10.2 Å². The van der Waals surface area contributed by atoms with Gasteiger partial charge in [0, 0.05) is 17.9 Å². The van der Waals surface area contributed by atoms with Gasteiger partial charge in [0.15, 0.2) is 4.34 Å². The van der Waals surface area contributed by atoms with Crippen molar-refractivity contribution in [3.8, 4) is 6.07 Å². The number of nitrogens with one attached hydrogen (secondary N) is 1. The third-order valence-electron chi connectivity index (χ3n) is 3.84. The molecule has 142 valence electrons. The van der Waals surface area contributed by atoms with Crippen LogP contribution in [0.5, 0.6) is 0 Å². The van der Waals surface area contributed by atoms with Crippen molar-refractivity contribution < 1.29 is 4.79 Å². The van der Waals surface area contributed by atoms with E-state index in [2.05, 4.69) is 21.6 Å². The van der Waals surface area contributed by atoms with Crippen LogP contribution in [-0.4, -0.2) is 27.9 Å². The molecular weight excluding hydrogens is 390 g/mol. The Balaban J connectivity index is 1.66. The molecule has 1 aromatic heterocycles. The number of rotatable bonds is 8. The molecule has 0 aliphatic rings. The lowest BCUT2D eigenvalue weighted by atomic mass is 10.2. The highest BCUT2D eigenvalue weighted by atomic mass is 32.2. The van der Waals surface area contributed by atoms with Crippen LogP contribution in [0.3, 0.4) is 0 Å². The average Bonchev–Trinajstić information content (AvgIpc) is 3.16. The van der Waals surface area contributed by atoms with E-state index in [9.17, 15) is 4.79 Å². The van der Waals surface area contributed by atoms with Crippen molar-refractivity contribution in [2.75, 3.05) is 16.8 Å². The fourth-order valence-electron chi connectivity index (χ4n) is 2.51. The van der Waals surface area contributed by atoms with Crippen molar-refractivity contribution in [1.82, 2.24) is 10.2 Å². The van der Waals surface area contributed by atoms with Gasteiger partial charge in [-0.25, -0.2) is 0 Å². The SMILES string of the molecule is CC(Sc1nnc(Nc2ccccc2)s1)C(=O)N(CCC#N)c1ccccc1. The monoisotopic (exact) mass is 409 g/mol. The molecule has 0 spiro atoms. The third-order valence-corrected chi connectivity index (χ3v) is 5.85. The predicted octanol–water partition coefficient (Wildman–Crippen LogP) is 4.71. The van der Waals surface area contributed by atoms with Crippen molar-refractivity contribution >= 4 is 45.5 Å². The van der Waals surface area contributed by atoms with E-state index in [4.69, 9.17) is 5.26 Å². The van der Waals surface area contributed by atoms with Gasteiger partial charge in [0.05, 0.1) is 17.7 Å². The highest BCUT2D eigenvalue weighted by Crippen LogP contribution is 2.31. The fourth-order valence-corrected chi connectivity index (χ4v) is 4.49. The molecule has 1 unspecified atom stereocenters. The first kappa shape index (κ1) is 19.9. The van der Waals surface area contributed by atoms with Gasteiger partial charge in [0.25, 0.3) is 0 Å². The van der Waals surface area contributed by atoms with E-state index in [0.29, 0.717) is 16.0 Å². The minimum absolute atomic E-state index is 0.0563. The summed E-state index contributed by atoms with van der Waals surface area (Å²) in [5, 5.41) is 20.8. The lowest BCUT2D eigenvalue weighted by Crippen LogP contribution is -2.37. The molecule has 1 heterocycles. The number of benzene rings is 2. The van der Waals surface area contributed by atoms with Gasteiger partial charge < -0.3 is 10.2 Å². The zero-order valence-electron chi connectivity index (χ0n) is 15.3. The Bertz CT molecular complexity index is 940. The highest BCUT2D eigenvalue weighted by molar-refractivity contribution is 8.02. The van der Waals surface area contributed by atoms with Gasteiger partial charge in [-0.2, -0.15) is 5.26 Å². The molecule has 0 radical (unpaired) electrons. The van der Waals surface area contributed by atoms with Crippen LogP contribution in [0.2, 0.25) is 0 Å². The van der Waals surface area contributed by atoms with Crippen LogP contribution >= 0.6 is 23.1 Å². The maximum absolute atomic E-state index is 13.0. The van der Waals surface area contributed by atoms with Gasteiger partial charge in [-0.15, -0.1) is 10.2 Å². The van der Waals surface area contributed by atoms with Crippen molar-refractivity contribution in [2.45, 2.75) is 22.9 Å². The molecule has 6 nitrogen and oxygen atoms in total. The Labute approximate surface area is 172 Å². The second-order valence-corrected chi connectivity index (χ2v) is 8.42. The first-order chi connectivity index (χ1) is 13.7. The maximum Gasteiger partial charge on any atom is 0.240 e. The molecule has 0 saturated carbocycles. The fraction of sp³-hybridized carbons (Fsp3) is 0.200. The van der Waals surface area contributed by atoms with E-state index in [1.165, 1.54) is 23.1 Å². The smallest absolute Gasteiger partial charge is 0.240 e. The molecule has 3 aromatic rings. The van der Waals surface area contributed by atoms with Crippen LogP contribution in [-0.2, 0) is 4.79 Å². The minimum atomic E-state index is -0.351. The molecule has 0 saturated heterocycles. The molecule has 0 aliphatic heterocycles. The van der Waals surface area contributed by atoms with Gasteiger partial charge in [0.2, 0.25) is 11.0 Å². The quantitative estimate of drug-likeness (QED) is 0.543. The summed E-state index contributed by atoms with van der Waals surface area (Å²) in [5.41, 5.74) is 1.73. The van der Waals surface area contributed by atoms with Crippen molar-refractivity contribution in [3.05, 3.63) is 60.7 Å². The van der Waals surface area contributed by atoms with Gasteiger partial charge >= 0.3 is 0 Å². The molecule has 0 fully saturated rings. The van der Waals surface area contributed by atoms with Gasteiger partial charge in [0.1, 0.15) is 0 Å². The summed E-state index contributed by atoms with van der Waals surface area (Å²) in [6.07, 6.45) is 0.280. The molecule has 2 aromatic carbocycles. The van der Waals surface area contributed by atoms with E-state index < -0.39 is 0 Å². The second kappa shape index (κ2) is 9.88. The summed E-state index contributed by atoms with van der Waals surface area (Å²) in [5.74, 6) is -0.0563. The second-order valence-electron chi connectivity index (χ2n) is 5.86. The van der Waals surface area contributed by atoms with Gasteiger partial charge in [-0.1, -0.05) is 59.5 Å². The zero-order chi connectivity index (χ0) is 19.8. The first-order valence-electron chi connectivity index (χ1n) is 8.73. The van der Waals surface area contributed by atoms with E-state index in [1.807, 2.05) is 67.6 Å². The molecule has 0 aliphatic carbocycles. The molecular formula is C20H19N5OS2. The van der Waals surface area contributed by atoms with Crippen molar-refractivity contribution in [1.29, 1.82) is 5.26 Å². The van der Waals surface area contributed by atoms with E-state index in [-0.39, 0.29) is 17.6 Å². The van der Waals surface area contributed by atoms with Crippen molar-refractivity contribution in [2.24, 2.45) is 0 Å². The number of carbonyl (C=O) groups excluding carboxylic acids is 1. The Morgan fingerprint density at radius 2 is 1.86 bits per heavy atom. The van der Waals surface area contributed by atoms with E-state index >= 15 is 0 Å².